The molecule has 36 heavy (non-hydrogen) atoms. The highest BCUT2D eigenvalue weighted by Gasteiger charge is 2.60. The van der Waals surface area contributed by atoms with Gasteiger partial charge in [-0.1, -0.05) is 18.2 Å². The fourth-order valence-electron chi connectivity index (χ4n) is 3.31. The number of alkyl halides is 4. The summed E-state index contributed by atoms with van der Waals surface area (Å²) in [7, 11) is 0. The second-order valence-corrected chi connectivity index (χ2v) is 9.79. The van der Waals surface area contributed by atoms with Crippen molar-refractivity contribution < 1.29 is 41.0 Å². The van der Waals surface area contributed by atoms with E-state index in [9.17, 15) is 27.2 Å². The van der Waals surface area contributed by atoms with E-state index >= 15 is 4.39 Å². The average molecular weight is 578 g/mol. The number of carbonyl (C=O) groups is 2. The first kappa shape index (κ1) is 27.5. The second-order valence-electron chi connectivity index (χ2n) is 8.98. The molecule has 3 rings (SSSR count). The van der Waals surface area contributed by atoms with Gasteiger partial charge in [0.05, 0.1) is 0 Å². The van der Waals surface area contributed by atoms with Crippen LogP contribution in [0.1, 0.15) is 43.7 Å². The highest BCUT2D eigenvalue weighted by molar-refractivity contribution is 9.10. The van der Waals surface area contributed by atoms with E-state index in [1.54, 1.807) is 6.07 Å². The quantitative estimate of drug-likeness (QED) is 0.326. The van der Waals surface area contributed by atoms with Crippen LogP contribution in [0.2, 0.25) is 0 Å². The van der Waals surface area contributed by atoms with Crippen molar-refractivity contribution >= 4 is 34.0 Å². The lowest BCUT2D eigenvalue weighted by Gasteiger charge is -2.40. The van der Waals surface area contributed by atoms with Crippen molar-refractivity contribution in [3.8, 4) is 0 Å². The summed E-state index contributed by atoms with van der Waals surface area (Å²) in [6, 6.07) is 7.84. The summed E-state index contributed by atoms with van der Waals surface area (Å²) in [5.74, 6) is -2.32. The van der Waals surface area contributed by atoms with Gasteiger partial charge >= 0.3 is 18.3 Å². The lowest BCUT2D eigenvalue weighted by atomic mass is 9.87. The van der Waals surface area contributed by atoms with Crippen molar-refractivity contribution in [1.82, 2.24) is 9.88 Å². The lowest BCUT2D eigenvalue weighted by molar-refractivity contribution is -0.229. The van der Waals surface area contributed by atoms with Gasteiger partial charge in [0, 0.05) is 5.56 Å². The van der Waals surface area contributed by atoms with Gasteiger partial charge in [-0.15, -0.1) is 0 Å². The van der Waals surface area contributed by atoms with Crippen LogP contribution < -0.4 is 0 Å². The minimum absolute atomic E-state index is 0.0107. The number of pyridine rings is 1. The standard InChI is InChI=1S/C23H21BrF5N3O4/c1-21(2,3)36-20(34)32(18(33)12-8-6-5-7-9-12)19-31-22(4,15(26)17(35-19)23(27,28)29)16-13(25)10-11-14(24)30-16/h5-11,15,17H,1-4H3. The van der Waals surface area contributed by atoms with Crippen LogP contribution in [-0.2, 0) is 15.0 Å². The molecule has 1 aromatic carbocycles. The number of nitrogens with zero attached hydrogens (tertiary/aromatic N) is 3. The maximum absolute atomic E-state index is 15.4. The third kappa shape index (κ3) is 5.66. The molecule has 0 saturated heterocycles. The largest absolute Gasteiger partial charge is 0.448 e. The van der Waals surface area contributed by atoms with Crippen LogP contribution in [0.25, 0.3) is 0 Å². The molecule has 3 unspecified atom stereocenters. The highest BCUT2D eigenvalue weighted by atomic mass is 79.9. The molecule has 1 aliphatic rings. The monoisotopic (exact) mass is 577 g/mol. The van der Waals surface area contributed by atoms with Gasteiger partial charge in [-0.2, -0.15) is 18.1 Å². The number of aliphatic imine (C=N–C) groups is 1. The number of amidine groups is 1. The lowest BCUT2D eigenvalue weighted by Crippen LogP contribution is -2.58. The molecule has 1 aliphatic heterocycles. The molecule has 0 N–H and O–H groups in total. The van der Waals surface area contributed by atoms with E-state index in [4.69, 9.17) is 9.47 Å². The van der Waals surface area contributed by atoms with Gasteiger partial charge < -0.3 is 9.47 Å². The van der Waals surface area contributed by atoms with Crippen LogP contribution in [0.3, 0.4) is 0 Å². The molecule has 0 aliphatic carbocycles. The number of benzene rings is 1. The van der Waals surface area contributed by atoms with Crippen molar-refractivity contribution in [1.29, 1.82) is 0 Å². The minimum Gasteiger partial charge on any atom is -0.448 e. The second kappa shape index (κ2) is 9.75. The molecule has 0 radical (unpaired) electrons. The number of amides is 2. The molecule has 7 nitrogen and oxygen atoms in total. The number of halogens is 6. The van der Waals surface area contributed by atoms with Gasteiger partial charge in [0.25, 0.3) is 5.91 Å². The Morgan fingerprint density at radius 2 is 1.72 bits per heavy atom. The predicted octanol–water partition coefficient (Wildman–Crippen LogP) is 5.93. The molecule has 1 aromatic heterocycles. The molecule has 0 saturated carbocycles. The molecule has 2 heterocycles. The Balaban J connectivity index is 2.26. The Morgan fingerprint density at radius 1 is 1.11 bits per heavy atom. The number of hydrogen-bond donors (Lipinski definition) is 0. The van der Waals surface area contributed by atoms with Crippen LogP contribution >= 0.6 is 15.9 Å². The molecule has 194 valence electrons. The zero-order chi connectivity index (χ0) is 27.1. The van der Waals surface area contributed by atoms with Crippen molar-refractivity contribution in [2.75, 3.05) is 0 Å². The van der Waals surface area contributed by atoms with E-state index in [1.165, 1.54) is 45.0 Å². The van der Waals surface area contributed by atoms with Gasteiger partial charge in [-0.05, 0) is 67.9 Å². The van der Waals surface area contributed by atoms with Crippen LogP contribution in [0, 0.1) is 5.82 Å². The molecule has 0 spiro atoms. The van der Waals surface area contributed by atoms with E-state index in [0.717, 1.165) is 19.1 Å². The Labute approximate surface area is 211 Å². The molecule has 2 aromatic rings. The molecule has 3 atom stereocenters. The fourth-order valence-corrected chi connectivity index (χ4v) is 3.62. The number of ether oxygens (including phenoxy) is 2. The number of rotatable bonds is 2. The SMILES string of the molecule is CC(C)(C)OC(=O)N(C(=O)c1ccccc1)C1=NC(C)(c2nc(Br)ccc2F)C(F)C(C(F)(F)F)O1. The number of aromatic nitrogens is 1. The van der Waals surface area contributed by atoms with Gasteiger partial charge in [0.1, 0.15) is 27.3 Å². The molecular formula is C23H21BrF5N3O4. The summed E-state index contributed by atoms with van der Waals surface area (Å²) in [5.41, 5.74) is -4.77. The van der Waals surface area contributed by atoms with Crippen molar-refractivity contribution in [2.24, 2.45) is 4.99 Å². The first-order valence-electron chi connectivity index (χ1n) is 10.5. The van der Waals surface area contributed by atoms with Crippen molar-refractivity contribution in [3.05, 3.63) is 64.1 Å². The average Bonchev–Trinajstić information content (AvgIpc) is 2.76. The fraction of sp³-hybridized carbons (Fsp3) is 0.391. The third-order valence-electron chi connectivity index (χ3n) is 4.97. The summed E-state index contributed by atoms with van der Waals surface area (Å²) in [5, 5.41) is 0. The Morgan fingerprint density at radius 3 is 2.28 bits per heavy atom. The van der Waals surface area contributed by atoms with E-state index in [1.807, 2.05) is 0 Å². The zero-order valence-corrected chi connectivity index (χ0v) is 21.0. The third-order valence-corrected chi connectivity index (χ3v) is 5.41. The normalized spacial score (nSPS) is 22.3. The number of imide groups is 1. The van der Waals surface area contributed by atoms with E-state index < -0.39 is 59.1 Å². The van der Waals surface area contributed by atoms with Crippen LogP contribution in [-0.4, -0.2) is 52.0 Å². The zero-order valence-electron chi connectivity index (χ0n) is 19.4. The Kier molecular flexibility index (Phi) is 7.45. The van der Waals surface area contributed by atoms with Crippen LogP contribution in [0.4, 0.5) is 26.7 Å². The first-order chi connectivity index (χ1) is 16.5. The van der Waals surface area contributed by atoms with Gasteiger partial charge in [0.2, 0.25) is 6.10 Å². The topological polar surface area (TPSA) is 81.1 Å². The maximum Gasteiger partial charge on any atom is 0.428 e. The van der Waals surface area contributed by atoms with E-state index in [0.29, 0.717) is 0 Å². The smallest absolute Gasteiger partial charge is 0.428 e. The van der Waals surface area contributed by atoms with Crippen LogP contribution in [0.5, 0.6) is 0 Å². The van der Waals surface area contributed by atoms with Gasteiger partial charge in [0.15, 0.2) is 6.17 Å². The van der Waals surface area contributed by atoms with Gasteiger partial charge in [-0.3, -0.25) is 4.79 Å². The molecule has 2 amide bonds. The number of carbonyl (C=O) groups excluding carboxylic acids is 2. The van der Waals surface area contributed by atoms with Gasteiger partial charge in [-0.25, -0.2) is 23.6 Å². The summed E-state index contributed by atoms with van der Waals surface area (Å²) < 4.78 is 81.8. The molecule has 13 heteroatoms. The molecule has 0 fully saturated rings. The van der Waals surface area contributed by atoms with Crippen molar-refractivity contribution in [3.63, 3.8) is 0 Å². The highest BCUT2D eigenvalue weighted by Crippen LogP contribution is 2.43. The Bertz CT molecular complexity index is 1190. The summed E-state index contributed by atoms with van der Waals surface area (Å²) in [6.45, 7) is 5.24. The van der Waals surface area contributed by atoms with E-state index in [-0.39, 0.29) is 15.1 Å². The molecule has 0 bridgehead atoms. The summed E-state index contributed by atoms with van der Waals surface area (Å²) >= 11 is 2.97. The number of hydrogen-bond acceptors (Lipinski definition) is 6. The Hall–Kier alpha value is -3.09. The summed E-state index contributed by atoms with van der Waals surface area (Å²) in [4.78, 5) is 34.0. The first-order valence-corrected chi connectivity index (χ1v) is 11.3. The van der Waals surface area contributed by atoms with Crippen LogP contribution in [0.15, 0.2) is 52.1 Å². The summed E-state index contributed by atoms with van der Waals surface area (Å²) in [6.07, 6.45) is -13.0. The minimum atomic E-state index is -5.33. The van der Waals surface area contributed by atoms with Crippen molar-refractivity contribution in [2.45, 2.75) is 57.3 Å². The van der Waals surface area contributed by atoms with E-state index in [2.05, 4.69) is 25.9 Å². The predicted molar refractivity (Wildman–Crippen MR) is 121 cm³/mol. The maximum atomic E-state index is 15.4. The molecular weight excluding hydrogens is 557 g/mol.